The molecule has 0 aromatic carbocycles. The smallest absolute Gasteiger partial charge is 0.158 e. The summed E-state index contributed by atoms with van der Waals surface area (Å²) in [5, 5.41) is 7.77. The van der Waals surface area contributed by atoms with Crippen LogP contribution in [0.1, 0.15) is 37.9 Å². The molecule has 1 heterocycles. The summed E-state index contributed by atoms with van der Waals surface area (Å²) >= 11 is 0. The first kappa shape index (κ1) is 11.5. The lowest BCUT2D eigenvalue weighted by molar-refractivity contribution is 0.0528. The first-order valence-corrected chi connectivity index (χ1v) is 5.89. The zero-order valence-corrected chi connectivity index (χ0v) is 9.85. The molecule has 0 unspecified atom stereocenters. The standard InChI is InChI=1S/C11H20N4O/c1-15-9-13-14-10(15)7-16-8-11(12)5-3-2-4-6-11/h9H,2-8,12H2,1H3. The summed E-state index contributed by atoms with van der Waals surface area (Å²) in [6.45, 7) is 1.12. The molecule has 90 valence electrons. The monoisotopic (exact) mass is 224 g/mol. The highest BCUT2D eigenvalue weighted by molar-refractivity contribution is 4.88. The van der Waals surface area contributed by atoms with E-state index in [2.05, 4.69) is 10.2 Å². The van der Waals surface area contributed by atoms with Gasteiger partial charge in [-0.3, -0.25) is 0 Å². The number of hydrogen-bond donors (Lipinski definition) is 1. The quantitative estimate of drug-likeness (QED) is 0.828. The molecule has 1 fully saturated rings. The van der Waals surface area contributed by atoms with Gasteiger partial charge < -0.3 is 15.0 Å². The van der Waals surface area contributed by atoms with Crippen molar-refractivity contribution in [1.82, 2.24) is 14.8 Å². The SMILES string of the molecule is Cn1cnnc1COCC1(N)CCCCC1. The van der Waals surface area contributed by atoms with Gasteiger partial charge in [0, 0.05) is 12.6 Å². The summed E-state index contributed by atoms with van der Waals surface area (Å²) in [7, 11) is 1.91. The molecule has 5 nitrogen and oxygen atoms in total. The molecule has 0 atom stereocenters. The molecule has 1 aliphatic carbocycles. The van der Waals surface area contributed by atoms with Gasteiger partial charge in [0.05, 0.1) is 6.61 Å². The van der Waals surface area contributed by atoms with E-state index in [0.717, 1.165) is 18.7 Å². The summed E-state index contributed by atoms with van der Waals surface area (Å²) in [4.78, 5) is 0. The molecule has 0 saturated heterocycles. The minimum atomic E-state index is -0.114. The molecule has 0 radical (unpaired) electrons. The molecule has 2 rings (SSSR count). The highest BCUT2D eigenvalue weighted by Gasteiger charge is 2.27. The van der Waals surface area contributed by atoms with E-state index in [0.29, 0.717) is 13.2 Å². The average Bonchev–Trinajstić information content (AvgIpc) is 2.65. The molecule has 16 heavy (non-hydrogen) atoms. The number of nitrogens with zero attached hydrogens (tertiary/aromatic N) is 3. The fourth-order valence-corrected chi connectivity index (χ4v) is 2.18. The fraction of sp³-hybridized carbons (Fsp3) is 0.818. The van der Waals surface area contributed by atoms with Crippen molar-refractivity contribution < 1.29 is 4.74 Å². The van der Waals surface area contributed by atoms with E-state index in [9.17, 15) is 0 Å². The lowest BCUT2D eigenvalue weighted by atomic mass is 9.83. The molecule has 0 bridgehead atoms. The predicted octanol–water partition coefficient (Wildman–Crippen LogP) is 0.993. The van der Waals surface area contributed by atoms with Gasteiger partial charge >= 0.3 is 0 Å². The maximum atomic E-state index is 6.27. The molecule has 1 aromatic rings. The van der Waals surface area contributed by atoms with E-state index in [-0.39, 0.29) is 5.54 Å². The van der Waals surface area contributed by atoms with Gasteiger partial charge in [0.2, 0.25) is 0 Å². The Morgan fingerprint density at radius 1 is 1.44 bits per heavy atom. The van der Waals surface area contributed by atoms with Crippen molar-refractivity contribution in [2.45, 2.75) is 44.2 Å². The second kappa shape index (κ2) is 4.93. The van der Waals surface area contributed by atoms with Crippen molar-refractivity contribution in [3.63, 3.8) is 0 Å². The number of aromatic nitrogens is 3. The number of hydrogen-bond acceptors (Lipinski definition) is 4. The Morgan fingerprint density at radius 2 is 2.19 bits per heavy atom. The van der Waals surface area contributed by atoms with Crippen LogP contribution in [0.2, 0.25) is 0 Å². The number of nitrogens with two attached hydrogens (primary N) is 1. The van der Waals surface area contributed by atoms with Crippen LogP contribution in [-0.4, -0.2) is 26.9 Å². The Balaban J connectivity index is 1.77. The van der Waals surface area contributed by atoms with E-state index in [1.807, 2.05) is 11.6 Å². The van der Waals surface area contributed by atoms with E-state index < -0.39 is 0 Å². The molecule has 0 spiro atoms. The van der Waals surface area contributed by atoms with Gasteiger partial charge in [-0.25, -0.2) is 0 Å². The molecule has 1 aliphatic rings. The number of rotatable bonds is 4. The van der Waals surface area contributed by atoms with Gasteiger partial charge in [-0.2, -0.15) is 0 Å². The third-order valence-electron chi connectivity index (χ3n) is 3.28. The van der Waals surface area contributed by atoms with E-state index >= 15 is 0 Å². The molecular weight excluding hydrogens is 204 g/mol. The number of aryl methyl sites for hydroxylation is 1. The van der Waals surface area contributed by atoms with Crippen LogP contribution >= 0.6 is 0 Å². The van der Waals surface area contributed by atoms with E-state index in [4.69, 9.17) is 10.5 Å². The van der Waals surface area contributed by atoms with Gasteiger partial charge in [0.15, 0.2) is 5.82 Å². The third-order valence-corrected chi connectivity index (χ3v) is 3.28. The predicted molar refractivity (Wildman–Crippen MR) is 60.7 cm³/mol. The highest BCUT2D eigenvalue weighted by Crippen LogP contribution is 2.26. The van der Waals surface area contributed by atoms with Crippen molar-refractivity contribution in [1.29, 1.82) is 0 Å². The fourth-order valence-electron chi connectivity index (χ4n) is 2.18. The largest absolute Gasteiger partial charge is 0.372 e. The van der Waals surface area contributed by atoms with Gasteiger partial charge in [-0.05, 0) is 12.8 Å². The Hall–Kier alpha value is -0.940. The summed E-state index contributed by atoms with van der Waals surface area (Å²) in [6, 6.07) is 0. The first-order valence-electron chi connectivity index (χ1n) is 5.89. The zero-order valence-electron chi connectivity index (χ0n) is 9.85. The van der Waals surface area contributed by atoms with Crippen LogP contribution in [0.5, 0.6) is 0 Å². The van der Waals surface area contributed by atoms with Gasteiger partial charge in [-0.15, -0.1) is 10.2 Å². The lowest BCUT2D eigenvalue weighted by Crippen LogP contribution is -2.46. The van der Waals surface area contributed by atoms with Crippen LogP contribution in [0.4, 0.5) is 0 Å². The maximum absolute atomic E-state index is 6.27. The van der Waals surface area contributed by atoms with E-state index in [1.165, 1.54) is 19.3 Å². The van der Waals surface area contributed by atoms with Crippen molar-refractivity contribution in [3.05, 3.63) is 12.2 Å². The normalized spacial score (nSPS) is 19.9. The Bertz CT molecular complexity index is 330. The Morgan fingerprint density at radius 3 is 2.81 bits per heavy atom. The molecule has 0 aliphatic heterocycles. The second-order valence-corrected chi connectivity index (χ2v) is 4.77. The summed E-state index contributed by atoms with van der Waals surface area (Å²) < 4.78 is 7.52. The van der Waals surface area contributed by atoms with Gasteiger partial charge in [0.25, 0.3) is 0 Å². The molecular formula is C11H20N4O. The van der Waals surface area contributed by atoms with Crippen LogP contribution in [0.3, 0.4) is 0 Å². The minimum Gasteiger partial charge on any atom is -0.372 e. The first-order chi connectivity index (χ1) is 7.70. The Labute approximate surface area is 96.0 Å². The topological polar surface area (TPSA) is 66.0 Å². The molecule has 2 N–H and O–H groups in total. The van der Waals surface area contributed by atoms with E-state index in [1.54, 1.807) is 6.33 Å². The molecule has 1 saturated carbocycles. The van der Waals surface area contributed by atoms with Crippen molar-refractivity contribution in [3.8, 4) is 0 Å². The highest BCUT2D eigenvalue weighted by atomic mass is 16.5. The van der Waals surface area contributed by atoms with Crippen molar-refractivity contribution >= 4 is 0 Å². The van der Waals surface area contributed by atoms with Crippen molar-refractivity contribution in [2.24, 2.45) is 12.8 Å². The lowest BCUT2D eigenvalue weighted by Gasteiger charge is -2.32. The summed E-state index contributed by atoms with van der Waals surface area (Å²) in [6.07, 6.45) is 7.59. The molecule has 5 heteroatoms. The van der Waals surface area contributed by atoms with Gasteiger partial charge in [-0.1, -0.05) is 19.3 Å². The minimum absolute atomic E-state index is 0.114. The van der Waals surface area contributed by atoms with Gasteiger partial charge in [0.1, 0.15) is 12.9 Å². The van der Waals surface area contributed by atoms with Crippen LogP contribution in [0.25, 0.3) is 0 Å². The second-order valence-electron chi connectivity index (χ2n) is 4.77. The number of ether oxygens (including phenoxy) is 1. The summed E-state index contributed by atoms with van der Waals surface area (Å²) in [5.41, 5.74) is 6.15. The third kappa shape index (κ3) is 2.80. The van der Waals surface area contributed by atoms with Crippen LogP contribution < -0.4 is 5.73 Å². The Kier molecular flexibility index (Phi) is 3.56. The molecule has 1 aromatic heterocycles. The van der Waals surface area contributed by atoms with Crippen molar-refractivity contribution in [2.75, 3.05) is 6.61 Å². The average molecular weight is 224 g/mol. The zero-order chi connectivity index (χ0) is 11.4. The van der Waals surface area contributed by atoms with Crippen LogP contribution in [0.15, 0.2) is 6.33 Å². The van der Waals surface area contributed by atoms with Crippen LogP contribution in [-0.2, 0) is 18.4 Å². The maximum Gasteiger partial charge on any atom is 0.158 e. The summed E-state index contributed by atoms with van der Waals surface area (Å²) in [5.74, 6) is 0.847. The van der Waals surface area contributed by atoms with Crippen LogP contribution in [0, 0.1) is 0 Å². The molecule has 0 amide bonds.